The molecule has 148 valence electrons. The summed E-state index contributed by atoms with van der Waals surface area (Å²) in [6, 6.07) is 14.2. The summed E-state index contributed by atoms with van der Waals surface area (Å²) in [4.78, 5) is 27.3. The third kappa shape index (κ3) is 3.33. The monoisotopic (exact) mass is 392 g/mol. The number of benzene rings is 2. The minimum absolute atomic E-state index is 0.249. The standard InChI is InChI=1S/C21H20N4O4/c1-13(29-15-10-8-14(9-11-15)18-24-22-12-28-18)19(26)25-17-7-5-4-6-16(17)23-20(27)21(25,2)3/h4-13H,1-3H3,(H,23,27)/t13-/m1/s1. The Morgan fingerprint density at radius 2 is 1.90 bits per heavy atom. The van der Waals surface area contributed by atoms with Gasteiger partial charge in [-0.15, -0.1) is 10.2 Å². The summed E-state index contributed by atoms with van der Waals surface area (Å²) in [6.45, 7) is 5.09. The van der Waals surface area contributed by atoms with Gasteiger partial charge in [-0.3, -0.25) is 14.5 Å². The number of hydrogen-bond donors (Lipinski definition) is 1. The highest BCUT2D eigenvalue weighted by molar-refractivity contribution is 6.14. The Balaban J connectivity index is 1.56. The third-order valence-electron chi connectivity index (χ3n) is 4.85. The number of anilines is 2. The van der Waals surface area contributed by atoms with Crippen LogP contribution < -0.4 is 15.0 Å². The molecule has 8 nitrogen and oxygen atoms in total. The van der Waals surface area contributed by atoms with E-state index in [-0.39, 0.29) is 11.8 Å². The maximum Gasteiger partial charge on any atom is 0.268 e. The molecule has 8 heteroatoms. The average molecular weight is 392 g/mol. The highest BCUT2D eigenvalue weighted by atomic mass is 16.5. The molecule has 2 amide bonds. The quantitative estimate of drug-likeness (QED) is 0.732. The number of fused-ring (bicyclic) bond motifs is 1. The zero-order chi connectivity index (χ0) is 20.6. The first-order valence-electron chi connectivity index (χ1n) is 9.16. The summed E-state index contributed by atoms with van der Waals surface area (Å²) in [7, 11) is 0. The highest BCUT2D eigenvalue weighted by Crippen LogP contribution is 2.37. The summed E-state index contributed by atoms with van der Waals surface area (Å²) in [6.07, 6.45) is 0.456. The van der Waals surface area contributed by atoms with Crippen LogP contribution in [0.3, 0.4) is 0 Å². The van der Waals surface area contributed by atoms with E-state index >= 15 is 0 Å². The number of aromatic nitrogens is 2. The maximum atomic E-state index is 13.3. The van der Waals surface area contributed by atoms with Crippen molar-refractivity contribution < 1.29 is 18.7 Å². The molecule has 29 heavy (non-hydrogen) atoms. The predicted octanol–water partition coefficient (Wildman–Crippen LogP) is 3.27. The normalized spacial score (nSPS) is 16.0. The minimum Gasteiger partial charge on any atom is -0.481 e. The number of ether oxygens (including phenoxy) is 1. The summed E-state index contributed by atoms with van der Waals surface area (Å²) in [5.74, 6) is 0.360. The molecule has 0 saturated carbocycles. The van der Waals surface area contributed by atoms with Crippen LogP contribution >= 0.6 is 0 Å². The SMILES string of the molecule is C[C@@H](Oc1ccc(-c2nnco2)cc1)C(=O)N1c2ccccc2NC(=O)C1(C)C. The van der Waals surface area contributed by atoms with Gasteiger partial charge < -0.3 is 14.5 Å². The zero-order valence-corrected chi connectivity index (χ0v) is 16.2. The lowest BCUT2D eigenvalue weighted by atomic mass is 9.95. The molecule has 2 aromatic carbocycles. The summed E-state index contributed by atoms with van der Waals surface area (Å²) in [5.41, 5.74) is 0.937. The van der Waals surface area contributed by atoms with E-state index in [4.69, 9.17) is 9.15 Å². The summed E-state index contributed by atoms with van der Waals surface area (Å²) in [5, 5.41) is 10.4. The van der Waals surface area contributed by atoms with Crippen molar-refractivity contribution in [2.24, 2.45) is 0 Å². The second-order valence-electron chi connectivity index (χ2n) is 7.23. The van der Waals surface area contributed by atoms with E-state index in [1.54, 1.807) is 57.2 Å². The topological polar surface area (TPSA) is 97.6 Å². The Labute approximate surface area is 167 Å². The Kier molecular flexibility index (Phi) is 4.54. The first-order chi connectivity index (χ1) is 13.9. The van der Waals surface area contributed by atoms with Crippen molar-refractivity contribution in [2.75, 3.05) is 10.2 Å². The van der Waals surface area contributed by atoms with Crippen molar-refractivity contribution >= 4 is 23.2 Å². The lowest BCUT2D eigenvalue weighted by Crippen LogP contribution is -2.60. The van der Waals surface area contributed by atoms with Gasteiger partial charge in [0.05, 0.1) is 11.4 Å². The van der Waals surface area contributed by atoms with Gasteiger partial charge in [0.2, 0.25) is 18.2 Å². The number of carbonyl (C=O) groups excluding carboxylic acids is 2. The maximum absolute atomic E-state index is 13.3. The van der Waals surface area contributed by atoms with Gasteiger partial charge in [0.1, 0.15) is 11.3 Å². The van der Waals surface area contributed by atoms with Gasteiger partial charge in [0, 0.05) is 5.56 Å². The summed E-state index contributed by atoms with van der Waals surface area (Å²) >= 11 is 0. The molecular formula is C21H20N4O4. The van der Waals surface area contributed by atoms with E-state index in [1.165, 1.54) is 11.3 Å². The third-order valence-corrected chi connectivity index (χ3v) is 4.85. The van der Waals surface area contributed by atoms with Crippen LogP contribution in [0.2, 0.25) is 0 Å². The molecule has 4 rings (SSSR count). The Hall–Kier alpha value is -3.68. The first-order valence-corrected chi connectivity index (χ1v) is 9.16. The Bertz CT molecular complexity index is 1040. The van der Waals surface area contributed by atoms with Gasteiger partial charge in [0.15, 0.2) is 6.10 Å². The molecule has 3 aromatic rings. The second-order valence-corrected chi connectivity index (χ2v) is 7.23. The number of nitrogens with zero attached hydrogens (tertiary/aromatic N) is 3. The fourth-order valence-electron chi connectivity index (χ4n) is 3.26. The van der Waals surface area contributed by atoms with E-state index in [2.05, 4.69) is 15.5 Å². The predicted molar refractivity (Wildman–Crippen MR) is 106 cm³/mol. The van der Waals surface area contributed by atoms with Gasteiger partial charge in [-0.2, -0.15) is 0 Å². The molecule has 1 atom stereocenters. The zero-order valence-electron chi connectivity index (χ0n) is 16.2. The summed E-state index contributed by atoms with van der Waals surface area (Å²) < 4.78 is 11.0. The molecule has 1 aromatic heterocycles. The Morgan fingerprint density at radius 3 is 2.59 bits per heavy atom. The number of nitrogens with one attached hydrogen (secondary N) is 1. The molecule has 0 bridgehead atoms. The van der Waals surface area contributed by atoms with E-state index in [9.17, 15) is 9.59 Å². The molecule has 0 fully saturated rings. The van der Waals surface area contributed by atoms with Crippen LogP contribution in [-0.2, 0) is 9.59 Å². The molecule has 1 aliphatic rings. The molecule has 0 saturated heterocycles. The van der Waals surface area contributed by atoms with Gasteiger partial charge >= 0.3 is 0 Å². The fourth-order valence-corrected chi connectivity index (χ4v) is 3.26. The van der Waals surface area contributed by atoms with Crippen molar-refractivity contribution in [1.82, 2.24) is 10.2 Å². The smallest absolute Gasteiger partial charge is 0.268 e. The number of rotatable bonds is 4. The molecule has 1 aliphatic heterocycles. The van der Waals surface area contributed by atoms with Crippen LogP contribution in [0.25, 0.3) is 11.5 Å². The molecular weight excluding hydrogens is 372 g/mol. The van der Waals surface area contributed by atoms with E-state index in [0.717, 1.165) is 5.56 Å². The van der Waals surface area contributed by atoms with Crippen molar-refractivity contribution in [1.29, 1.82) is 0 Å². The van der Waals surface area contributed by atoms with E-state index in [0.29, 0.717) is 23.0 Å². The van der Waals surface area contributed by atoms with Crippen LogP contribution in [0.4, 0.5) is 11.4 Å². The first kappa shape index (κ1) is 18.7. The van der Waals surface area contributed by atoms with Crippen LogP contribution in [0.1, 0.15) is 20.8 Å². The van der Waals surface area contributed by atoms with Crippen molar-refractivity contribution in [3.05, 3.63) is 54.9 Å². The van der Waals surface area contributed by atoms with Gasteiger partial charge in [-0.05, 0) is 57.2 Å². The van der Waals surface area contributed by atoms with Gasteiger partial charge in [-0.1, -0.05) is 12.1 Å². The number of amides is 2. The molecule has 0 radical (unpaired) electrons. The van der Waals surface area contributed by atoms with Crippen LogP contribution in [0, 0.1) is 0 Å². The molecule has 0 spiro atoms. The van der Waals surface area contributed by atoms with E-state index in [1.807, 2.05) is 12.1 Å². The average Bonchev–Trinajstić information content (AvgIpc) is 3.24. The van der Waals surface area contributed by atoms with Crippen molar-refractivity contribution in [2.45, 2.75) is 32.4 Å². The second kappa shape index (κ2) is 7.05. The largest absolute Gasteiger partial charge is 0.481 e. The number of para-hydroxylation sites is 2. The van der Waals surface area contributed by atoms with E-state index < -0.39 is 11.6 Å². The molecule has 0 unspecified atom stereocenters. The minimum atomic E-state index is -1.05. The number of carbonyl (C=O) groups is 2. The van der Waals surface area contributed by atoms with Crippen LogP contribution in [0.5, 0.6) is 5.75 Å². The molecule has 2 heterocycles. The highest BCUT2D eigenvalue weighted by Gasteiger charge is 2.45. The lowest BCUT2D eigenvalue weighted by molar-refractivity contribution is -0.130. The van der Waals surface area contributed by atoms with Crippen LogP contribution in [0.15, 0.2) is 59.3 Å². The van der Waals surface area contributed by atoms with Crippen molar-refractivity contribution in [3.63, 3.8) is 0 Å². The van der Waals surface area contributed by atoms with Crippen LogP contribution in [-0.4, -0.2) is 33.7 Å². The Morgan fingerprint density at radius 1 is 1.17 bits per heavy atom. The number of hydrogen-bond acceptors (Lipinski definition) is 6. The van der Waals surface area contributed by atoms with Crippen molar-refractivity contribution in [3.8, 4) is 17.2 Å². The fraction of sp³-hybridized carbons (Fsp3) is 0.238. The molecule has 1 N–H and O–H groups in total. The van der Waals surface area contributed by atoms with Gasteiger partial charge in [-0.25, -0.2) is 0 Å². The van der Waals surface area contributed by atoms with Gasteiger partial charge in [0.25, 0.3) is 5.91 Å². The molecule has 0 aliphatic carbocycles. The lowest BCUT2D eigenvalue weighted by Gasteiger charge is -2.42.